The molecule has 0 aromatic heterocycles. The molecule has 0 radical (unpaired) electrons. The van der Waals surface area contributed by atoms with E-state index in [1.54, 1.807) is 14.0 Å². The molecule has 0 aliphatic carbocycles. The van der Waals surface area contributed by atoms with Gasteiger partial charge in [-0.25, -0.2) is 4.39 Å². The van der Waals surface area contributed by atoms with Crippen molar-refractivity contribution in [2.45, 2.75) is 24.6 Å². The van der Waals surface area contributed by atoms with E-state index in [0.717, 1.165) is 23.1 Å². The van der Waals surface area contributed by atoms with Crippen molar-refractivity contribution in [1.29, 1.82) is 0 Å². The Labute approximate surface area is 121 Å². The van der Waals surface area contributed by atoms with Crippen LogP contribution < -0.4 is 10.1 Å². The van der Waals surface area contributed by atoms with Gasteiger partial charge in [0, 0.05) is 5.56 Å². The van der Waals surface area contributed by atoms with E-state index in [-0.39, 0.29) is 6.04 Å². The highest BCUT2D eigenvalue weighted by Crippen LogP contribution is 2.35. The van der Waals surface area contributed by atoms with Gasteiger partial charge in [-0.15, -0.1) is 0 Å². The minimum absolute atomic E-state index is 0.0906. The van der Waals surface area contributed by atoms with Crippen LogP contribution in [0.5, 0.6) is 5.75 Å². The van der Waals surface area contributed by atoms with Crippen LogP contribution in [0.15, 0.2) is 29.3 Å². The maximum atomic E-state index is 12.9. The summed E-state index contributed by atoms with van der Waals surface area (Å²) >= 11 is 1.13. The van der Waals surface area contributed by atoms with Crippen LogP contribution in [0.1, 0.15) is 25.5 Å². The number of carbonyl (C=O) groups excluding carboxylic acids is 1. The van der Waals surface area contributed by atoms with Gasteiger partial charge in [0.2, 0.25) is 0 Å². The van der Waals surface area contributed by atoms with Crippen molar-refractivity contribution in [3.8, 4) is 5.75 Å². The first-order valence-corrected chi connectivity index (χ1v) is 7.09. The molecule has 0 bridgehead atoms. The van der Waals surface area contributed by atoms with E-state index in [0.29, 0.717) is 5.17 Å². The van der Waals surface area contributed by atoms with Gasteiger partial charge >= 0.3 is 0 Å². The number of hydrogen-bond acceptors (Lipinski definition) is 4. The lowest BCUT2D eigenvalue weighted by molar-refractivity contribution is -0.119. The second-order valence-electron chi connectivity index (χ2n) is 4.80. The van der Waals surface area contributed by atoms with Crippen LogP contribution in [-0.4, -0.2) is 29.6 Å². The molecule has 0 saturated heterocycles. The fourth-order valence-corrected chi connectivity index (χ4v) is 2.90. The van der Waals surface area contributed by atoms with Gasteiger partial charge in [0.05, 0.1) is 13.2 Å². The summed E-state index contributed by atoms with van der Waals surface area (Å²) in [5.41, 5.74) is 0.958. The molecular formula is C14H17FN2O2S. The van der Waals surface area contributed by atoms with Crippen LogP contribution in [0.2, 0.25) is 0 Å². The monoisotopic (exact) mass is 296 g/mol. The number of hydrogen-bond donors (Lipinski definition) is 1. The Balaban J connectivity index is 2.12. The first-order chi connectivity index (χ1) is 9.50. The van der Waals surface area contributed by atoms with Gasteiger partial charge in [-0.2, -0.15) is 4.99 Å². The van der Waals surface area contributed by atoms with E-state index in [1.807, 2.05) is 31.2 Å². The van der Waals surface area contributed by atoms with Gasteiger partial charge in [-0.3, -0.25) is 4.79 Å². The SMILES string of the molecule is COc1ccccc1[C@H](C)NC1=NC(=O)C(C)(CF)S1. The van der Waals surface area contributed by atoms with Crippen molar-refractivity contribution in [1.82, 2.24) is 5.32 Å². The van der Waals surface area contributed by atoms with E-state index in [1.165, 1.54) is 0 Å². The summed E-state index contributed by atoms with van der Waals surface area (Å²) in [4.78, 5) is 15.5. The second-order valence-corrected chi connectivity index (χ2v) is 6.29. The van der Waals surface area contributed by atoms with Crippen molar-refractivity contribution in [2.24, 2.45) is 4.99 Å². The predicted octanol–water partition coefficient (Wildman–Crippen LogP) is 2.70. The first kappa shape index (κ1) is 14.8. The highest BCUT2D eigenvalue weighted by atomic mass is 32.2. The third-order valence-electron chi connectivity index (χ3n) is 3.18. The molecule has 1 aliphatic rings. The number of thioether (sulfide) groups is 1. The molecule has 1 aromatic carbocycles. The summed E-state index contributed by atoms with van der Waals surface area (Å²) in [5.74, 6) is 0.329. The minimum Gasteiger partial charge on any atom is -0.496 e. The molecule has 1 unspecified atom stereocenters. The maximum Gasteiger partial charge on any atom is 0.267 e. The molecular weight excluding hydrogens is 279 g/mol. The number of benzene rings is 1. The van der Waals surface area contributed by atoms with E-state index in [9.17, 15) is 9.18 Å². The zero-order valence-corrected chi connectivity index (χ0v) is 12.5. The minimum atomic E-state index is -1.09. The van der Waals surface area contributed by atoms with E-state index in [4.69, 9.17) is 4.74 Å². The summed E-state index contributed by atoms with van der Waals surface area (Å²) in [5, 5.41) is 3.59. The number of aliphatic imine (C=N–C) groups is 1. The summed E-state index contributed by atoms with van der Waals surface area (Å²) in [6, 6.07) is 7.52. The van der Waals surface area contributed by atoms with Crippen LogP contribution in [0.3, 0.4) is 0 Å². The number of amides is 1. The highest BCUT2D eigenvalue weighted by Gasteiger charge is 2.41. The Morgan fingerprint density at radius 3 is 2.80 bits per heavy atom. The van der Waals surface area contributed by atoms with Crippen molar-refractivity contribution >= 4 is 22.8 Å². The molecule has 1 aliphatic heterocycles. The van der Waals surface area contributed by atoms with Crippen molar-refractivity contribution in [3.05, 3.63) is 29.8 Å². The number of methoxy groups -OCH3 is 1. The smallest absolute Gasteiger partial charge is 0.267 e. The van der Waals surface area contributed by atoms with E-state index in [2.05, 4.69) is 10.3 Å². The Morgan fingerprint density at radius 1 is 1.50 bits per heavy atom. The molecule has 1 aromatic rings. The van der Waals surface area contributed by atoms with E-state index < -0.39 is 17.3 Å². The molecule has 1 N–H and O–H groups in total. The Morgan fingerprint density at radius 2 is 2.20 bits per heavy atom. The van der Waals surface area contributed by atoms with Crippen molar-refractivity contribution in [2.75, 3.05) is 13.8 Å². The number of amidine groups is 1. The Bertz CT molecular complexity index is 550. The fourth-order valence-electron chi connectivity index (χ4n) is 1.92. The summed E-state index contributed by atoms with van der Waals surface area (Å²) in [6.07, 6.45) is 0. The maximum absolute atomic E-state index is 12.9. The van der Waals surface area contributed by atoms with Crippen LogP contribution >= 0.6 is 11.8 Å². The van der Waals surface area contributed by atoms with Crippen LogP contribution in [0.25, 0.3) is 0 Å². The van der Waals surface area contributed by atoms with Gasteiger partial charge in [-0.05, 0) is 19.9 Å². The number of nitrogens with zero attached hydrogens (tertiary/aromatic N) is 1. The van der Waals surface area contributed by atoms with Gasteiger partial charge in [0.15, 0.2) is 5.17 Å². The molecule has 1 heterocycles. The lowest BCUT2D eigenvalue weighted by atomic mass is 10.1. The Hall–Kier alpha value is -1.56. The van der Waals surface area contributed by atoms with Crippen molar-refractivity contribution in [3.63, 3.8) is 0 Å². The zero-order valence-electron chi connectivity index (χ0n) is 11.6. The quantitative estimate of drug-likeness (QED) is 0.928. The molecule has 2 atom stereocenters. The zero-order chi connectivity index (χ0) is 14.8. The molecule has 108 valence electrons. The topological polar surface area (TPSA) is 50.7 Å². The molecule has 2 rings (SSSR count). The third-order valence-corrected chi connectivity index (χ3v) is 4.31. The van der Waals surface area contributed by atoms with Gasteiger partial charge in [-0.1, -0.05) is 30.0 Å². The largest absolute Gasteiger partial charge is 0.496 e. The average molecular weight is 296 g/mol. The van der Waals surface area contributed by atoms with Crippen LogP contribution in [0, 0.1) is 0 Å². The van der Waals surface area contributed by atoms with Crippen LogP contribution in [-0.2, 0) is 4.79 Å². The molecule has 4 nitrogen and oxygen atoms in total. The van der Waals surface area contributed by atoms with Crippen LogP contribution in [0.4, 0.5) is 4.39 Å². The third kappa shape index (κ3) is 2.80. The van der Waals surface area contributed by atoms with Gasteiger partial charge in [0.1, 0.15) is 17.2 Å². The molecule has 0 spiro atoms. The van der Waals surface area contributed by atoms with Gasteiger partial charge < -0.3 is 10.1 Å². The number of nitrogens with one attached hydrogen (secondary N) is 1. The number of para-hydroxylation sites is 1. The number of alkyl halides is 1. The standard InChI is InChI=1S/C14H17FN2O2S/c1-9(10-6-4-5-7-11(10)19-3)16-13-17-12(18)14(2,8-15)20-13/h4-7,9H,8H2,1-3H3,(H,16,17,18)/t9-,14?/m0/s1. The van der Waals surface area contributed by atoms with Crippen molar-refractivity contribution < 1.29 is 13.9 Å². The molecule has 0 fully saturated rings. The number of halogens is 1. The lowest BCUT2D eigenvalue weighted by Crippen LogP contribution is -2.30. The molecule has 0 saturated carbocycles. The summed E-state index contributed by atoms with van der Waals surface area (Å²) in [6.45, 7) is 2.77. The van der Waals surface area contributed by atoms with E-state index >= 15 is 0 Å². The summed E-state index contributed by atoms with van der Waals surface area (Å²) in [7, 11) is 1.61. The lowest BCUT2D eigenvalue weighted by Gasteiger charge is -2.19. The molecule has 20 heavy (non-hydrogen) atoms. The number of rotatable bonds is 4. The first-order valence-electron chi connectivity index (χ1n) is 6.27. The second kappa shape index (κ2) is 5.83. The molecule has 6 heteroatoms. The highest BCUT2D eigenvalue weighted by molar-refractivity contribution is 8.16. The fraction of sp³-hybridized carbons (Fsp3) is 0.429. The normalized spacial score (nSPS) is 23.4. The summed E-state index contributed by atoms with van der Waals surface area (Å²) < 4.78 is 17.1. The average Bonchev–Trinajstić information content (AvgIpc) is 2.74. The predicted molar refractivity (Wildman–Crippen MR) is 79.0 cm³/mol. The molecule has 1 amide bonds. The number of ether oxygens (including phenoxy) is 1. The number of carbonyl (C=O) groups is 1. The van der Waals surface area contributed by atoms with Gasteiger partial charge in [0.25, 0.3) is 5.91 Å². The Kier molecular flexibility index (Phi) is 4.32.